The summed E-state index contributed by atoms with van der Waals surface area (Å²) in [7, 11) is 2.05. The molecular formula is C15H20BrN3O. The number of hydrogen-bond donors (Lipinski definition) is 1. The number of anilines is 1. The minimum atomic E-state index is 0.788. The number of aromatic nitrogens is 1. The van der Waals surface area contributed by atoms with Crippen LogP contribution >= 0.6 is 15.9 Å². The van der Waals surface area contributed by atoms with Crippen molar-refractivity contribution >= 4 is 21.7 Å². The molecule has 5 heteroatoms. The summed E-state index contributed by atoms with van der Waals surface area (Å²) in [6.07, 6.45) is 3.57. The molecule has 0 saturated carbocycles. The first kappa shape index (κ1) is 15.1. The van der Waals surface area contributed by atoms with Crippen LogP contribution in [0.2, 0.25) is 0 Å². The van der Waals surface area contributed by atoms with Gasteiger partial charge < -0.3 is 14.6 Å². The molecule has 0 spiro atoms. The second-order valence-corrected chi connectivity index (χ2v) is 5.69. The van der Waals surface area contributed by atoms with Crippen LogP contribution in [0.4, 0.5) is 5.82 Å². The summed E-state index contributed by atoms with van der Waals surface area (Å²) >= 11 is 3.49. The second kappa shape index (κ2) is 6.90. The highest BCUT2D eigenvalue weighted by molar-refractivity contribution is 9.10. The Balaban J connectivity index is 2.20. The number of nitrogens with zero attached hydrogens (tertiary/aromatic N) is 2. The number of aryl methyl sites for hydroxylation is 1. The summed E-state index contributed by atoms with van der Waals surface area (Å²) in [6.45, 7) is 6.63. The fraction of sp³-hybridized carbons (Fsp3) is 0.400. The highest BCUT2D eigenvalue weighted by atomic mass is 79.9. The van der Waals surface area contributed by atoms with Crippen molar-refractivity contribution < 1.29 is 4.42 Å². The maximum absolute atomic E-state index is 5.35. The lowest BCUT2D eigenvalue weighted by Crippen LogP contribution is -2.22. The van der Waals surface area contributed by atoms with Crippen LogP contribution in [0.3, 0.4) is 0 Å². The average Bonchev–Trinajstić information content (AvgIpc) is 2.82. The predicted molar refractivity (Wildman–Crippen MR) is 84.9 cm³/mol. The van der Waals surface area contributed by atoms with E-state index >= 15 is 0 Å². The van der Waals surface area contributed by atoms with E-state index in [0.717, 1.165) is 35.7 Å². The van der Waals surface area contributed by atoms with Gasteiger partial charge in [-0.3, -0.25) is 0 Å². The van der Waals surface area contributed by atoms with Crippen molar-refractivity contribution in [3.8, 4) is 0 Å². The largest absolute Gasteiger partial charge is 0.469 e. The molecule has 0 unspecified atom stereocenters. The van der Waals surface area contributed by atoms with Crippen LogP contribution in [0.15, 0.2) is 33.5 Å². The van der Waals surface area contributed by atoms with Gasteiger partial charge in [0.05, 0.1) is 6.26 Å². The number of furan rings is 1. The van der Waals surface area contributed by atoms with Crippen molar-refractivity contribution in [2.45, 2.75) is 26.9 Å². The Morgan fingerprint density at radius 3 is 2.85 bits per heavy atom. The van der Waals surface area contributed by atoms with E-state index in [2.05, 4.69) is 51.2 Å². The molecule has 2 heterocycles. The topological polar surface area (TPSA) is 41.3 Å². The molecule has 0 radical (unpaired) electrons. The van der Waals surface area contributed by atoms with Gasteiger partial charge in [-0.05, 0) is 41.5 Å². The van der Waals surface area contributed by atoms with Crippen LogP contribution < -0.4 is 10.2 Å². The minimum Gasteiger partial charge on any atom is -0.469 e. The van der Waals surface area contributed by atoms with Gasteiger partial charge in [0.1, 0.15) is 11.6 Å². The third-order valence-corrected chi connectivity index (χ3v) is 3.64. The van der Waals surface area contributed by atoms with Crippen molar-refractivity contribution in [3.63, 3.8) is 0 Å². The maximum atomic E-state index is 5.35. The zero-order chi connectivity index (χ0) is 14.5. The van der Waals surface area contributed by atoms with Crippen LogP contribution in [0.5, 0.6) is 0 Å². The van der Waals surface area contributed by atoms with Gasteiger partial charge in [0.2, 0.25) is 0 Å². The molecule has 0 fully saturated rings. The van der Waals surface area contributed by atoms with E-state index in [0.29, 0.717) is 0 Å². The van der Waals surface area contributed by atoms with Gasteiger partial charge in [0, 0.05) is 41.9 Å². The molecule has 2 aromatic rings. The van der Waals surface area contributed by atoms with Crippen molar-refractivity contribution in [2.75, 3.05) is 18.5 Å². The molecule has 0 bridgehead atoms. The summed E-state index contributed by atoms with van der Waals surface area (Å²) < 4.78 is 6.35. The van der Waals surface area contributed by atoms with Gasteiger partial charge in [0.25, 0.3) is 0 Å². The fourth-order valence-corrected chi connectivity index (χ4v) is 2.49. The molecule has 0 aromatic carbocycles. The first-order valence-electron chi connectivity index (χ1n) is 6.71. The Morgan fingerprint density at radius 1 is 1.40 bits per heavy atom. The van der Waals surface area contributed by atoms with Gasteiger partial charge in [0.15, 0.2) is 0 Å². The number of halogens is 1. The van der Waals surface area contributed by atoms with E-state index in [-0.39, 0.29) is 0 Å². The monoisotopic (exact) mass is 337 g/mol. The lowest BCUT2D eigenvalue weighted by Gasteiger charge is -2.21. The highest BCUT2D eigenvalue weighted by Crippen LogP contribution is 2.23. The fourth-order valence-electron chi connectivity index (χ4n) is 2.11. The Hall–Kier alpha value is -1.33. The van der Waals surface area contributed by atoms with Crippen LogP contribution in [0.25, 0.3) is 0 Å². The molecule has 20 heavy (non-hydrogen) atoms. The molecule has 2 aromatic heterocycles. The Bertz CT molecular complexity index is 568. The van der Waals surface area contributed by atoms with Gasteiger partial charge >= 0.3 is 0 Å². The highest BCUT2D eigenvalue weighted by Gasteiger charge is 2.12. The number of rotatable bonds is 6. The standard InChI is InChI=1S/C15H20BrN3O/c1-4-17-8-13-7-14(16)9-18-15(13)19(3)10-12-5-6-20-11(12)2/h5-7,9,17H,4,8,10H2,1-3H3. The average molecular weight is 338 g/mol. The minimum absolute atomic E-state index is 0.788. The predicted octanol–water partition coefficient (Wildman–Crippen LogP) is 3.49. The SMILES string of the molecule is CCNCc1cc(Br)cnc1N(C)Cc1ccoc1C. The normalized spacial score (nSPS) is 10.8. The maximum Gasteiger partial charge on any atom is 0.133 e. The molecule has 0 aliphatic rings. The molecule has 108 valence electrons. The number of pyridine rings is 1. The van der Waals surface area contributed by atoms with Crippen LogP contribution in [0.1, 0.15) is 23.8 Å². The van der Waals surface area contributed by atoms with Gasteiger partial charge in [-0.25, -0.2) is 4.98 Å². The van der Waals surface area contributed by atoms with E-state index in [1.807, 2.05) is 19.2 Å². The summed E-state index contributed by atoms with van der Waals surface area (Å²) in [4.78, 5) is 6.70. The molecule has 2 rings (SSSR count). The molecule has 0 atom stereocenters. The van der Waals surface area contributed by atoms with Crippen LogP contribution in [-0.4, -0.2) is 18.6 Å². The Morgan fingerprint density at radius 2 is 2.20 bits per heavy atom. The van der Waals surface area contributed by atoms with Gasteiger partial charge in [-0.1, -0.05) is 6.92 Å². The number of nitrogens with one attached hydrogen (secondary N) is 1. The van der Waals surface area contributed by atoms with E-state index < -0.39 is 0 Å². The van der Waals surface area contributed by atoms with Crippen molar-refractivity contribution in [1.29, 1.82) is 0 Å². The van der Waals surface area contributed by atoms with Crippen molar-refractivity contribution in [2.24, 2.45) is 0 Å². The van der Waals surface area contributed by atoms with Crippen molar-refractivity contribution in [3.05, 3.63) is 46.0 Å². The van der Waals surface area contributed by atoms with Crippen molar-refractivity contribution in [1.82, 2.24) is 10.3 Å². The lowest BCUT2D eigenvalue weighted by molar-refractivity contribution is 0.529. The summed E-state index contributed by atoms with van der Waals surface area (Å²) in [5, 5.41) is 3.35. The molecule has 0 saturated heterocycles. The van der Waals surface area contributed by atoms with Crippen LogP contribution in [0, 0.1) is 6.92 Å². The van der Waals surface area contributed by atoms with E-state index in [4.69, 9.17) is 4.42 Å². The van der Waals surface area contributed by atoms with E-state index in [9.17, 15) is 0 Å². The number of hydrogen-bond acceptors (Lipinski definition) is 4. The first-order valence-corrected chi connectivity index (χ1v) is 7.50. The van der Waals surface area contributed by atoms with Gasteiger partial charge in [-0.2, -0.15) is 0 Å². The zero-order valence-electron chi connectivity index (χ0n) is 12.1. The quantitative estimate of drug-likeness (QED) is 0.875. The summed E-state index contributed by atoms with van der Waals surface area (Å²) in [5.41, 5.74) is 2.37. The third kappa shape index (κ3) is 3.61. The zero-order valence-corrected chi connectivity index (χ0v) is 13.7. The second-order valence-electron chi connectivity index (χ2n) is 4.77. The van der Waals surface area contributed by atoms with Gasteiger partial charge in [-0.15, -0.1) is 0 Å². The third-order valence-electron chi connectivity index (χ3n) is 3.21. The Kier molecular flexibility index (Phi) is 5.20. The summed E-state index contributed by atoms with van der Waals surface area (Å²) in [6, 6.07) is 4.12. The van der Waals surface area contributed by atoms with E-state index in [1.54, 1.807) is 6.26 Å². The molecule has 0 amide bonds. The Labute approximate surface area is 128 Å². The molecular weight excluding hydrogens is 318 g/mol. The van der Waals surface area contributed by atoms with E-state index in [1.165, 1.54) is 11.1 Å². The molecule has 1 N–H and O–H groups in total. The lowest BCUT2D eigenvalue weighted by atomic mass is 10.2. The molecule has 0 aliphatic heterocycles. The molecule has 4 nitrogen and oxygen atoms in total. The summed E-state index contributed by atoms with van der Waals surface area (Å²) in [5.74, 6) is 1.96. The smallest absolute Gasteiger partial charge is 0.133 e. The molecule has 0 aliphatic carbocycles. The van der Waals surface area contributed by atoms with Crippen LogP contribution in [-0.2, 0) is 13.1 Å². The first-order chi connectivity index (χ1) is 9.61.